The third kappa shape index (κ3) is 3.97. The highest BCUT2D eigenvalue weighted by Crippen LogP contribution is 2.36. The van der Waals surface area contributed by atoms with Gasteiger partial charge in [-0.1, -0.05) is 39.3 Å². The molecule has 8 nitrogen and oxygen atoms in total. The summed E-state index contributed by atoms with van der Waals surface area (Å²) in [4.78, 5) is 23.1. The van der Waals surface area contributed by atoms with Crippen LogP contribution in [0.5, 0.6) is 0 Å². The van der Waals surface area contributed by atoms with E-state index < -0.39 is 25.4 Å². The van der Waals surface area contributed by atoms with Crippen molar-refractivity contribution in [3.63, 3.8) is 0 Å². The first-order chi connectivity index (χ1) is 15.3. The van der Waals surface area contributed by atoms with Crippen LogP contribution in [0.1, 0.15) is 16.1 Å². The molecule has 0 saturated heterocycles. The zero-order valence-electron chi connectivity index (χ0n) is 16.1. The van der Waals surface area contributed by atoms with Gasteiger partial charge in [0.1, 0.15) is 0 Å². The van der Waals surface area contributed by atoms with Gasteiger partial charge < -0.3 is 4.52 Å². The van der Waals surface area contributed by atoms with Crippen molar-refractivity contribution in [2.24, 2.45) is 0 Å². The number of hydrogen-bond acceptors (Lipinski definition) is 7. The number of nitro benzene ring substituents is 1. The van der Waals surface area contributed by atoms with Gasteiger partial charge in [0.25, 0.3) is 5.69 Å². The van der Waals surface area contributed by atoms with Crippen molar-refractivity contribution >= 4 is 37.2 Å². The number of carbonyl (C=O) groups is 1. The minimum Gasteiger partial charge on any atom is -0.354 e. The summed E-state index contributed by atoms with van der Waals surface area (Å²) in [6.45, 7) is 0. The van der Waals surface area contributed by atoms with Crippen LogP contribution >= 0.6 is 15.9 Å². The Labute approximate surface area is 190 Å². The number of hydrogen-bond donors (Lipinski definition) is 0. The maximum Gasteiger partial charge on any atom is 0.269 e. The van der Waals surface area contributed by atoms with Crippen LogP contribution in [-0.2, 0) is 9.84 Å². The quantitative estimate of drug-likeness (QED) is 0.200. The molecule has 0 radical (unpaired) electrons. The van der Waals surface area contributed by atoms with Crippen LogP contribution in [0.25, 0.3) is 11.3 Å². The Bertz CT molecular complexity index is 1410. The Morgan fingerprint density at radius 3 is 2.16 bits per heavy atom. The van der Waals surface area contributed by atoms with Crippen molar-refractivity contribution in [1.29, 1.82) is 0 Å². The molecule has 0 unspecified atom stereocenters. The molecule has 160 valence electrons. The van der Waals surface area contributed by atoms with E-state index in [9.17, 15) is 23.3 Å². The first kappa shape index (κ1) is 21.6. The highest BCUT2D eigenvalue weighted by molar-refractivity contribution is 9.10. The van der Waals surface area contributed by atoms with Gasteiger partial charge in [-0.2, -0.15) is 0 Å². The molecule has 4 rings (SSSR count). The molecular weight excluding hydrogens is 500 g/mol. The number of rotatable bonds is 6. The molecular formula is C22H13BrN2O6S. The summed E-state index contributed by atoms with van der Waals surface area (Å²) in [6, 6.07) is 19.1. The van der Waals surface area contributed by atoms with Gasteiger partial charge >= 0.3 is 0 Å². The van der Waals surface area contributed by atoms with Crippen molar-refractivity contribution in [2.45, 2.75) is 9.79 Å². The predicted octanol–water partition coefficient (Wildman–Crippen LogP) is 5.08. The van der Waals surface area contributed by atoms with Crippen molar-refractivity contribution in [3.8, 4) is 11.3 Å². The lowest BCUT2D eigenvalue weighted by molar-refractivity contribution is -0.384. The van der Waals surface area contributed by atoms with Crippen molar-refractivity contribution < 1.29 is 22.7 Å². The van der Waals surface area contributed by atoms with Gasteiger partial charge in [0.2, 0.25) is 15.6 Å². The minimum atomic E-state index is -4.21. The second kappa shape index (κ2) is 8.48. The van der Waals surface area contributed by atoms with E-state index in [1.54, 1.807) is 30.3 Å². The number of sulfone groups is 1. The lowest BCUT2D eigenvalue weighted by Gasteiger charge is -2.07. The molecule has 0 saturated carbocycles. The molecule has 0 spiro atoms. The lowest BCUT2D eigenvalue weighted by Crippen LogP contribution is -2.11. The van der Waals surface area contributed by atoms with Gasteiger partial charge in [-0.15, -0.1) is 0 Å². The van der Waals surface area contributed by atoms with E-state index in [-0.39, 0.29) is 33.2 Å². The Morgan fingerprint density at radius 2 is 1.56 bits per heavy atom. The number of carbonyl (C=O) groups excluding carboxylic acids is 1. The molecule has 4 aromatic rings. The summed E-state index contributed by atoms with van der Waals surface area (Å²) < 4.78 is 33.1. The second-order valence-electron chi connectivity index (χ2n) is 6.65. The molecule has 0 N–H and O–H groups in total. The van der Waals surface area contributed by atoms with Crippen molar-refractivity contribution in [2.75, 3.05) is 0 Å². The number of ketones is 1. The summed E-state index contributed by atoms with van der Waals surface area (Å²) in [6.07, 6.45) is 0. The van der Waals surface area contributed by atoms with E-state index in [1.807, 2.05) is 0 Å². The highest BCUT2D eigenvalue weighted by atomic mass is 79.9. The molecule has 0 aliphatic carbocycles. The highest BCUT2D eigenvalue weighted by Gasteiger charge is 2.34. The fourth-order valence-electron chi connectivity index (χ4n) is 3.05. The molecule has 0 fully saturated rings. The first-order valence-corrected chi connectivity index (χ1v) is 11.4. The largest absolute Gasteiger partial charge is 0.354 e. The zero-order valence-corrected chi connectivity index (χ0v) is 18.5. The molecule has 0 atom stereocenters. The van der Waals surface area contributed by atoms with Gasteiger partial charge in [0.15, 0.2) is 16.3 Å². The molecule has 0 amide bonds. The summed E-state index contributed by atoms with van der Waals surface area (Å²) in [5.41, 5.74) is -0.0925. The van der Waals surface area contributed by atoms with Gasteiger partial charge in [0, 0.05) is 27.7 Å². The first-order valence-electron chi connectivity index (χ1n) is 9.14. The average molecular weight is 513 g/mol. The van der Waals surface area contributed by atoms with Crippen LogP contribution in [0.3, 0.4) is 0 Å². The lowest BCUT2D eigenvalue weighted by atomic mass is 10.1. The number of non-ortho nitro benzene ring substituents is 1. The molecule has 0 aliphatic rings. The van der Waals surface area contributed by atoms with Crippen LogP contribution in [0, 0.1) is 10.1 Å². The fraction of sp³-hybridized carbons (Fsp3) is 0. The summed E-state index contributed by atoms with van der Waals surface area (Å²) in [5.74, 6) is -0.812. The van der Waals surface area contributed by atoms with E-state index in [0.717, 1.165) is 4.47 Å². The van der Waals surface area contributed by atoms with Crippen LogP contribution in [0.2, 0.25) is 0 Å². The number of aromatic nitrogens is 1. The van der Waals surface area contributed by atoms with Crippen molar-refractivity contribution in [1.82, 2.24) is 5.16 Å². The van der Waals surface area contributed by atoms with E-state index in [1.165, 1.54) is 48.5 Å². The third-order valence-corrected chi connectivity index (χ3v) is 6.97. The molecule has 32 heavy (non-hydrogen) atoms. The molecule has 10 heteroatoms. The number of nitrogens with zero attached hydrogens (tertiary/aromatic N) is 2. The average Bonchev–Trinajstić information content (AvgIpc) is 3.26. The number of halogens is 1. The van der Waals surface area contributed by atoms with Gasteiger partial charge in [-0.25, -0.2) is 8.42 Å². The second-order valence-corrected chi connectivity index (χ2v) is 9.45. The van der Waals surface area contributed by atoms with E-state index in [2.05, 4.69) is 21.1 Å². The monoisotopic (exact) mass is 512 g/mol. The molecule has 1 aromatic heterocycles. The molecule has 3 aromatic carbocycles. The normalized spacial score (nSPS) is 11.3. The Hall–Kier alpha value is -3.63. The predicted molar refractivity (Wildman–Crippen MR) is 118 cm³/mol. The standard InChI is InChI=1S/C22H13BrN2O6S/c23-16-10-6-14(7-11-16)20(26)19-22(32(29,30)18-4-2-1-3-5-18)21(31-24-19)15-8-12-17(13-9-15)25(27)28/h1-13H. The van der Waals surface area contributed by atoms with Crippen LogP contribution in [0.4, 0.5) is 5.69 Å². The van der Waals surface area contributed by atoms with Gasteiger partial charge in [0.05, 0.1) is 9.82 Å². The Kier molecular flexibility index (Phi) is 5.72. The molecule has 0 aliphatic heterocycles. The topological polar surface area (TPSA) is 120 Å². The molecule has 1 heterocycles. The maximum atomic E-state index is 13.5. The third-order valence-electron chi connectivity index (χ3n) is 4.63. The number of nitro groups is 1. The maximum absolute atomic E-state index is 13.5. The SMILES string of the molecule is O=C(c1ccc(Br)cc1)c1noc(-c2ccc([N+](=O)[O-])cc2)c1S(=O)(=O)c1ccccc1. The Morgan fingerprint density at radius 1 is 0.938 bits per heavy atom. The van der Waals surface area contributed by atoms with E-state index in [4.69, 9.17) is 4.52 Å². The van der Waals surface area contributed by atoms with Crippen LogP contribution in [-0.4, -0.2) is 24.3 Å². The van der Waals surface area contributed by atoms with Gasteiger partial charge in [-0.3, -0.25) is 14.9 Å². The summed E-state index contributed by atoms with van der Waals surface area (Å²) in [5, 5.41) is 14.8. The zero-order chi connectivity index (χ0) is 22.9. The van der Waals surface area contributed by atoms with Crippen molar-refractivity contribution in [3.05, 3.63) is 105 Å². The van der Waals surface area contributed by atoms with E-state index >= 15 is 0 Å². The van der Waals surface area contributed by atoms with E-state index in [0.29, 0.717) is 0 Å². The van der Waals surface area contributed by atoms with Gasteiger partial charge in [-0.05, 0) is 48.5 Å². The summed E-state index contributed by atoms with van der Waals surface area (Å²) in [7, 11) is -4.21. The van der Waals surface area contributed by atoms with Crippen LogP contribution < -0.4 is 0 Å². The Balaban J connectivity index is 1.93. The van der Waals surface area contributed by atoms with Crippen LogP contribution in [0.15, 0.2) is 97.6 Å². The summed E-state index contributed by atoms with van der Waals surface area (Å²) >= 11 is 3.29. The smallest absolute Gasteiger partial charge is 0.269 e. The fourth-order valence-corrected chi connectivity index (χ4v) is 4.85. The molecule has 0 bridgehead atoms. The minimum absolute atomic E-state index is 0.0452. The number of benzene rings is 3.